The van der Waals surface area contributed by atoms with Crippen molar-refractivity contribution in [3.63, 3.8) is 0 Å². The minimum absolute atomic E-state index is 0.428. The van der Waals surface area contributed by atoms with E-state index in [9.17, 15) is 0 Å². The van der Waals surface area contributed by atoms with Gasteiger partial charge in [-0.05, 0) is 37.5 Å². The zero-order chi connectivity index (χ0) is 10.8. The van der Waals surface area contributed by atoms with Crippen LogP contribution in [0.3, 0.4) is 0 Å². The Morgan fingerprint density at radius 2 is 2.19 bits per heavy atom. The smallest absolute Gasteiger partial charge is 0.120 e. The number of rotatable bonds is 3. The number of aromatic nitrogens is 2. The van der Waals surface area contributed by atoms with Crippen molar-refractivity contribution in [3.05, 3.63) is 36.5 Å². The maximum absolute atomic E-state index is 5.85. The van der Waals surface area contributed by atoms with Crippen molar-refractivity contribution in [2.24, 2.45) is 0 Å². The first-order valence-electron chi connectivity index (χ1n) is 5.68. The van der Waals surface area contributed by atoms with E-state index in [0.29, 0.717) is 6.10 Å². The van der Waals surface area contributed by atoms with Crippen LogP contribution in [0.5, 0.6) is 5.75 Å². The minimum atomic E-state index is 0.428. The molecule has 3 nitrogen and oxygen atoms in total. The SMILES string of the molecule is c1cc(OC2CCC2)cc(-c2ccn[nH]2)c1. The Kier molecular flexibility index (Phi) is 2.37. The van der Waals surface area contributed by atoms with Crippen molar-refractivity contribution in [3.8, 4) is 17.0 Å². The predicted molar refractivity (Wildman–Crippen MR) is 62.3 cm³/mol. The number of nitrogens with one attached hydrogen (secondary N) is 1. The quantitative estimate of drug-likeness (QED) is 0.852. The summed E-state index contributed by atoms with van der Waals surface area (Å²) in [5.74, 6) is 0.955. The largest absolute Gasteiger partial charge is 0.490 e. The van der Waals surface area contributed by atoms with Crippen LogP contribution in [0, 0.1) is 0 Å². The molecule has 3 heteroatoms. The molecule has 1 aliphatic carbocycles. The van der Waals surface area contributed by atoms with E-state index in [1.165, 1.54) is 19.3 Å². The topological polar surface area (TPSA) is 37.9 Å². The van der Waals surface area contributed by atoms with Crippen LogP contribution in [0.25, 0.3) is 11.3 Å². The van der Waals surface area contributed by atoms with Gasteiger partial charge < -0.3 is 4.74 Å². The average molecular weight is 214 g/mol. The fourth-order valence-electron chi connectivity index (χ4n) is 1.83. The molecule has 0 aliphatic heterocycles. The third kappa shape index (κ3) is 1.81. The zero-order valence-electron chi connectivity index (χ0n) is 9.02. The summed E-state index contributed by atoms with van der Waals surface area (Å²) in [4.78, 5) is 0. The molecule has 82 valence electrons. The molecular formula is C13H14N2O. The van der Waals surface area contributed by atoms with Crippen molar-refractivity contribution < 1.29 is 4.74 Å². The van der Waals surface area contributed by atoms with Gasteiger partial charge in [0.25, 0.3) is 0 Å². The molecule has 0 spiro atoms. The van der Waals surface area contributed by atoms with Crippen molar-refractivity contribution in [2.75, 3.05) is 0 Å². The average Bonchev–Trinajstić information content (AvgIpc) is 2.77. The number of hydrogen-bond acceptors (Lipinski definition) is 2. The van der Waals surface area contributed by atoms with Crippen LogP contribution in [0.2, 0.25) is 0 Å². The maximum Gasteiger partial charge on any atom is 0.120 e. The molecule has 1 aromatic heterocycles. The molecule has 0 radical (unpaired) electrons. The van der Waals surface area contributed by atoms with Crippen LogP contribution in [0.1, 0.15) is 19.3 Å². The monoisotopic (exact) mass is 214 g/mol. The van der Waals surface area contributed by atoms with Gasteiger partial charge in [-0.15, -0.1) is 0 Å². The molecule has 16 heavy (non-hydrogen) atoms. The molecule has 0 amide bonds. The number of hydrogen-bond donors (Lipinski definition) is 1. The molecule has 0 bridgehead atoms. The summed E-state index contributed by atoms with van der Waals surface area (Å²) in [6.07, 6.45) is 5.86. The molecule has 0 unspecified atom stereocenters. The lowest BCUT2D eigenvalue weighted by Crippen LogP contribution is -2.24. The standard InChI is InChI=1S/C13H14N2O/c1-3-10(13-7-8-14-15-13)9-12(6-1)16-11-4-2-5-11/h1,3,6-9,11H,2,4-5H2,(H,14,15). The highest BCUT2D eigenvalue weighted by atomic mass is 16.5. The Morgan fingerprint density at radius 3 is 2.88 bits per heavy atom. The van der Waals surface area contributed by atoms with Gasteiger partial charge in [0, 0.05) is 11.8 Å². The van der Waals surface area contributed by atoms with Gasteiger partial charge in [0.2, 0.25) is 0 Å². The Morgan fingerprint density at radius 1 is 1.25 bits per heavy atom. The van der Waals surface area contributed by atoms with E-state index in [1.54, 1.807) is 6.20 Å². The summed E-state index contributed by atoms with van der Waals surface area (Å²) in [6.45, 7) is 0. The summed E-state index contributed by atoms with van der Waals surface area (Å²) in [7, 11) is 0. The highest BCUT2D eigenvalue weighted by Gasteiger charge is 2.19. The normalized spacial score (nSPS) is 15.8. The van der Waals surface area contributed by atoms with Crippen LogP contribution in [-0.4, -0.2) is 16.3 Å². The Hall–Kier alpha value is -1.77. The van der Waals surface area contributed by atoms with Gasteiger partial charge in [0.05, 0.1) is 11.8 Å². The molecule has 0 saturated heterocycles. The fourth-order valence-corrected chi connectivity index (χ4v) is 1.83. The zero-order valence-corrected chi connectivity index (χ0v) is 9.02. The number of aromatic amines is 1. The van der Waals surface area contributed by atoms with Crippen LogP contribution < -0.4 is 4.74 Å². The van der Waals surface area contributed by atoms with Crippen molar-refractivity contribution in [1.29, 1.82) is 0 Å². The first kappa shape index (κ1) is 9.46. The van der Waals surface area contributed by atoms with Gasteiger partial charge in [-0.2, -0.15) is 5.10 Å². The number of nitrogens with zero attached hydrogens (tertiary/aromatic N) is 1. The third-order valence-corrected chi connectivity index (χ3v) is 3.00. The Bertz CT molecular complexity index is 461. The second-order valence-electron chi connectivity index (χ2n) is 4.17. The van der Waals surface area contributed by atoms with Crippen LogP contribution >= 0.6 is 0 Å². The van der Waals surface area contributed by atoms with Gasteiger partial charge in [-0.25, -0.2) is 0 Å². The molecule has 1 saturated carbocycles. The molecule has 2 aromatic rings. The van der Waals surface area contributed by atoms with Crippen LogP contribution in [-0.2, 0) is 0 Å². The van der Waals surface area contributed by atoms with Gasteiger partial charge in [-0.1, -0.05) is 12.1 Å². The molecule has 1 aromatic carbocycles. The predicted octanol–water partition coefficient (Wildman–Crippen LogP) is 3.01. The van der Waals surface area contributed by atoms with E-state index < -0.39 is 0 Å². The lowest BCUT2D eigenvalue weighted by Gasteiger charge is -2.26. The molecule has 1 N–H and O–H groups in total. The van der Waals surface area contributed by atoms with Gasteiger partial charge in [0.15, 0.2) is 0 Å². The first-order chi connectivity index (χ1) is 7.92. The summed E-state index contributed by atoms with van der Waals surface area (Å²) >= 11 is 0. The van der Waals surface area contributed by atoms with E-state index >= 15 is 0 Å². The number of benzene rings is 1. The lowest BCUT2D eigenvalue weighted by atomic mass is 9.96. The van der Waals surface area contributed by atoms with E-state index in [0.717, 1.165) is 17.0 Å². The first-order valence-corrected chi connectivity index (χ1v) is 5.68. The maximum atomic E-state index is 5.85. The van der Waals surface area contributed by atoms with Crippen LogP contribution in [0.15, 0.2) is 36.5 Å². The van der Waals surface area contributed by atoms with E-state index in [1.807, 2.05) is 18.2 Å². The third-order valence-electron chi connectivity index (χ3n) is 3.00. The van der Waals surface area contributed by atoms with E-state index in [4.69, 9.17) is 4.74 Å². The molecular weight excluding hydrogens is 200 g/mol. The minimum Gasteiger partial charge on any atom is -0.490 e. The molecule has 1 fully saturated rings. The van der Waals surface area contributed by atoms with E-state index in [-0.39, 0.29) is 0 Å². The molecule has 3 rings (SSSR count). The Labute approximate surface area is 94.5 Å². The van der Waals surface area contributed by atoms with Gasteiger partial charge >= 0.3 is 0 Å². The van der Waals surface area contributed by atoms with Crippen molar-refractivity contribution in [1.82, 2.24) is 10.2 Å². The summed E-state index contributed by atoms with van der Waals surface area (Å²) in [6, 6.07) is 10.1. The van der Waals surface area contributed by atoms with Gasteiger partial charge in [-0.3, -0.25) is 5.10 Å². The van der Waals surface area contributed by atoms with Crippen molar-refractivity contribution >= 4 is 0 Å². The molecule has 0 atom stereocenters. The van der Waals surface area contributed by atoms with E-state index in [2.05, 4.69) is 22.3 Å². The van der Waals surface area contributed by atoms with Gasteiger partial charge in [0.1, 0.15) is 5.75 Å². The van der Waals surface area contributed by atoms with Crippen molar-refractivity contribution in [2.45, 2.75) is 25.4 Å². The molecule has 1 aliphatic rings. The summed E-state index contributed by atoms with van der Waals surface area (Å²) < 4.78 is 5.85. The fraction of sp³-hybridized carbons (Fsp3) is 0.308. The Balaban J connectivity index is 1.82. The summed E-state index contributed by atoms with van der Waals surface area (Å²) in [5.41, 5.74) is 2.15. The number of H-pyrrole nitrogens is 1. The number of ether oxygens (including phenoxy) is 1. The van der Waals surface area contributed by atoms with Crippen LogP contribution in [0.4, 0.5) is 0 Å². The lowest BCUT2D eigenvalue weighted by molar-refractivity contribution is 0.120. The molecule has 1 heterocycles. The second-order valence-corrected chi connectivity index (χ2v) is 4.17. The summed E-state index contributed by atoms with van der Waals surface area (Å²) in [5, 5.41) is 6.91. The highest BCUT2D eigenvalue weighted by Crippen LogP contribution is 2.27. The highest BCUT2D eigenvalue weighted by molar-refractivity contribution is 5.60. The second kappa shape index (κ2) is 4.00.